The lowest BCUT2D eigenvalue weighted by Crippen LogP contribution is -2.36. The van der Waals surface area contributed by atoms with Crippen LogP contribution in [0.2, 0.25) is 0 Å². The number of anilines is 1. The Labute approximate surface area is 173 Å². The fourth-order valence-corrected chi connectivity index (χ4v) is 2.83. The summed E-state index contributed by atoms with van der Waals surface area (Å²) in [5.41, 5.74) is 0.863. The molecule has 2 rings (SSSR count). The molecule has 30 heavy (non-hydrogen) atoms. The molecule has 0 fully saturated rings. The summed E-state index contributed by atoms with van der Waals surface area (Å²) in [4.78, 5) is 36.3. The highest BCUT2D eigenvalue weighted by molar-refractivity contribution is 5.94. The Hall–Kier alpha value is -3.29. The van der Waals surface area contributed by atoms with E-state index in [0.29, 0.717) is 0 Å². The first-order chi connectivity index (χ1) is 14.3. The van der Waals surface area contributed by atoms with Crippen LogP contribution >= 0.6 is 0 Å². The second-order valence-corrected chi connectivity index (χ2v) is 6.84. The Balaban J connectivity index is 1.83. The van der Waals surface area contributed by atoms with Gasteiger partial charge in [-0.3, -0.25) is 14.4 Å². The molecule has 0 radical (unpaired) electrons. The predicted molar refractivity (Wildman–Crippen MR) is 108 cm³/mol. The maximum atomic E-state index is 13.1. The van der Waals surface area contributed by atoms with Gasteiger partial charge in [0.2, 0.25) is 5.91 Å². The minimum atomic E-state index is -1.10. The number of rotatable bonds is 9. The van der Waals surface area contributed by atoms with E-state index in [2.05, 4.69) is 10.6 Å². The van der Waals surface area contributed by atoms with Gasteiger partial charge in [0, 0.05) is 11.8 Å². The average molecular weight is 418 g/mol. The minimum Gasteiger partial charge on any atom is -0.455 e. The molecule has 0 spiro atoms. The summed E-state index contributed by atoms with van der Waals surface area (Å²) in [6.07, 6.45) is 0.755. The molecule has 8 heteroatoms. The quantitative estimate of drug-likeness (QED) is 0.612. The van der Waals surface area contributed by atoms with E-state index in [1.54, 1.807) is 0 Å². The molecular formula is C22H24F2N2O4. The molecule has 2 N–H and O–H groups in total. The van der Waals surface area contributed by atoms with E-state index in [1.165, 1.54) is 6.07 Å². The van der Waals surface area contributed by atoms with Crippen molar-refractivity contribution in [2.75, 3.05) is 18.5 Å². The maximum Gasteiger partial charge on any atom is 0.314 e. The van der Waals surface area contributed by atoms with Gasteiger partial charge in [0.1, 0.15) is 0 Å². The average Bonchev–Trinajstić information content (AvgIpc) is 2.74. The fraction of sp³-hybridized carbons (Fsp3) is 0.318. The van der Waals surface area contributed by atoms with E-state index in [0.717, 1.165) is 24.1 Å². The Morgan fingerprint density at radius 3 is 2.33 bits per heavy atom. The number of amides is 2. The SMILES string of the molecule is CC[C@H](C)[C@H](C(=O)OCC(=O)NCC(=O)Nc1ccc(F)c(F)c1)c1ccccc1. The highest BCUT2D eigenvalue weighted by Gasteiger charge is 2.27. The summed E-state index contributed by atoms with van der Waals surface area (Å²) < 4.78 is 31.2. The van der Waals surface area contributed by atoms with Crippen molar-refractivity contribution in [2.24, 2.45) is 5.92 Å². The monoisotopic (exact) mass is 418 g/mol. The number of ether oxygens (including phenoxy) is 1. The van der Waals surface area contributed by atoms with Crippen LogP contribution in [0.3, 0.4) is 0 Å². The predicted octanol–water partition coefficient (Wildman–Crippen LogP) is 3.39. The van der Waals surface area contributed by atoms with Gasteiger partial charge in [0.25, 0.3) is 5.91 Å². The molecule has 2 aromatic carbocycles. The second-order valence-electron chi connectivity index (χ2n) is 6.84. The standard InChI is InChI=1S/C22H24F2N2O4/c1-3-14(2)21(15-7-5-4-6-8-15)22(29)30-13-20(28)25-12-19(27)26-16-9-10-17(23)18(24)11-16/h4-11,14,21H,3,12-13H2,1-2H3,(H,25,28)(H,26,27)/t14-,21-/m0/s1. The zero-order valence-corrected chi connectivity index (χ0v) is 16.8. The first-order valence-electron chi connectivity index (χ1n) is 9.55. The van der Waals surface area contributed by atoms with Gasteiger partial charge in [-0.25, -0.2) is 8.78 Å². The molecule has 2 amide bonds. The molecule has 0 aliphatic rings. The third-order valence-electron chi connectivity index (χ3n) is 4.62. The van der Waals surface area contributed by atoms with Gasteiger partial charge in [0.05, 0.1) is 12.5 Å². The van der Waals surface area contributed by atoms with Crippen LogP contribution in [0, 0.1) is 17.6 Å². The molecule has 0 saturated heterocycles. The number of carbonyl (C=O) groups is 3. The number of benzene rings is 2. The van der Waals surface area contributed by atoms with Gasteiger partial charge in [-0.05, 0) is 23.6 Å². The smallest absolute Gasteiger partial charge is 0.314 e. The van der Waals surface area contributed by atoms with E-state index >= 15 is 0 Å². The number of esters is 1. The van der Waals surface area contributed by atoms with E-state index in [-0.39, 0.29) is 11.6 Å². The molecular weight excluding hydrogens is 394 g/mol. The van der Waals surface area contributed by atoms with Crippen molar-refractivity contribution in [3.05, 3.63) is 65.7 Å². The van der Waals surface area contributed by atoms with Crippen LogP contribution in [0.1, 0.15) is 31.7 Å². The maximum absolute atomic E-state index is 13.1. The Morgan fingerprint density at radius 1 is 1.00 bits per heavy atom. The normalized spacial score (nSPS) is 12.5. The van der Waals surface area contributed by atoms with Crippen LogP contribution in [0.5, 0.6) is 0 Å². The molecule has 6 nitrogen and oxygen atoms in total. The minimum absolute atomic E-state index is 0.0184. The first-order valence-corrected chi connectivity index (χ1v) is 9.55. The summed E-state index contributed by atoms with van der Waals surface area (Å²) in [6.45, 7) is 2.95. The molecule has 0 aromatic heterocycles. The van der Waals surface area contributed by atoms with E-state index < -0.39 is 48.5 Å². The third kappa shape index (κ3) is 6.65. The molecule has 0 aliphatic heterocycles. The lowest BCUT2D eigenvalue weighted by atomic mass is 9.86. The Kier molecular flexibility index (Phi) is 8.46. The first kappa shape index (κ1) is 23.0. The number of carbonyl (C=O) groups excluding carboxylic acids is 3. The number of nitrogens with one attached hydrogen (secondary N) is 2. The molecule has 0 heterocycles. The number of hydrogen-bond acceptors (Lipinski definition) is 4. The zero-order valence-electron chi connectivity index (χ0n) is 16.8. The van der Waals surface area contributed by atoms with Crippen molar-refractivity contribution < 1.29 is 27.9 Å². The topological polar surface area (TPSA) is 84.5 Å². The van der Waals surface area contributed by atoms with Crippen molar-refractivity contribution in [2.45, 2.75) is 26.2 Å². The molecule has 0 saturated carbocycles. The van der Waals surface area contributed by atoms with E-state index in [9.17, 15) is 23.2 Å². The number of hydrogen-bond donors (Lipinski definition) is 2. The van der Waals surface area contributed by atoms with Gasteiger partial charge in [-0.15, -0.1) is 0 Å². The third-order valence-corrected chi connectivity index (χ3v) is 4.62. The molecule has 2 atom stereocenters. The lowest BCUT2D eigenvalue weighted by molar-refractivity contribution is -0.151. The highest BCUT2D eigenvalue weighted by atomic mass is 19.2. The van der Waals surface area contributed by atoms with Crippen molar-refractivity contribution >= 4 is 23.5 Å². The lowest BCUT2D eigenvalue weighted by Gasteiger charge is -2.21. The molecule has 0 unspecified atom stereocenters. The van der Waals surface area contributed by atoms with Crippen molar-refractivity contribution in [1.29, 1.82) is 0 Å². The summed E-state index contributed by atoms with van der Waals surface area (Å²) in [6, 6.07) is 12.1. The van der Waals surface area contributed by atoms with Crippen LogP contribution in [0.25, 0.3) is 0 Å². The highest BCUT2D eigenvalue weighted by Crippen LogP contribution is 2.28. The summed E-state index contributed by atoms with van der Waals surface area (Å²) in [7, 11) is 0. The molecule has 0 aliphatic carbocycles. The van der Waals surface area contributed by atoms with Crippen LogP contribution in [0.15, 0.2) is 48.5 Å². The second kappa shape index (κ2) is 11.0. The summed E-state index contributed by atoms with van der Waals surface area (Å²) >= 11 is 0. The van der Waals surface area contributed by atoms with E-state index in [4.69, 9.17) is 4.74 Å². The largest absolute Gasteiger partial charge is 0.455 e. The van der Waals surface area contributed by atoms with Crippen molar-refractivity contribution in [3.63, 3.8) is 0 Å². The number of halogens is 2. The summed E-state index contributed by atoms with van der Waals surface area (Å²) in [5, 5.41) is 4.63. The van der Waals surface area contributed by atoms with Gasteiger partial charge in [-0.2, -0.15) is 0 Å². The van der Waals surface area contributed by atoms with E-state index in [1.807, 2.05) is 44.2 Å². The van der Waals surface area contributed by atoms with Crippen LogP contribution < -0.4 is 10.6 Å². The van der Waals surface area contributed by atoms with Gasteiger partial charge in [-0.1, -0.05) is 50.6 Å². The Morgan fingerprint density at radius 2 is 1.70 bits per heavy atom. The van der Waals surface area contributed by atoms with Gasteiger partial charge in [0.15, 0.2) is 18.2 Å². The van der Waals surface area contributed by atoms with Crippen molar-refractivity contribution in [1.82, 2.24) is 5.32 Å². The van der Waals surface area contributed by atoms with Crippen molar-refractivity contribution in [3.8, 4) is 0 Å². The Bertz CT molecular complexity index is 890. The van der Waals surface area contributed by atoms with Crippen LogP contribution in [-0.2, 0) is 19.1 Å². The van der Waals surface area contributed by atoms with Gasteiger partial charge >= 0.3 is 5.97 Å². The zero-order chi connectivity index (χ0) is 22.1. The van der Waals surface area contributed by atoms with Crippen LogP contribution in [-0.4, -0.2) is 30.9 Å². The molecule has 2 aromatic rings. The van der Waals surface area contributed by atoms with Crippen LogP contribution in [0.4, 0.5) is 14.5 Å². The summed E-state index contributed by atoms with van der Waals surface area (Å²) in [5.74, 6) is -4.42. The fourth-order valence-electron chi connectivity index (χ4n) is 2.83. The molecule has 160 valence electrons. The van der Waals surface area contributed by atoms with Gasteiger partial charge < -0.3 is 15.4 Å². The molecule has 0 bridgehead atoms.